The Bertz CT molecular complexity index is 269. The molecule has 1 aliphatic rings. The Hall–Kier alpha value is -0.690. The first kappa shape index (κ1) is 13.4. The number of nitriles is 1. The minimum absolute atomic E-state index is 0.0718. The van der Waals surface area contributed by atoms with Crippen LogP contribution in [0.25, 0.3) is 0 Å². The van der Waals surface area contributed by atoms with E-state index in [4.69, 9.17) is 5.26 Å². The molecule has 0 aromatic rings. The molecule has 1 heterocycles. The number of hydrogen-bond donors (Lipinski definition) is 0. The zero-order valence-electron chi connectivity index (χ0n) is 10.1. The smallest absolute Gasteiger partial charge is 0.235 e. The largest absolute Gasteiger partial charge is 0.341 e. The van der Waals surface area contributed by atoms with E-state index in [9.17, 15) is 4.79 Å². The topological polar surface area (TPSA) is 44.1 Å². The maximum atomic E-state index is 12.2. The minimum atomic E-state index is -0.0718. The van der Waals surface area contributed by atoms with Gasteiger partial charge in [-0.3, -0.25) is 4.79 Å². The molecule has 90 valence electrons. The molecule has 0 bridgehead atoms. The van der Waals surface area contributed by atoms with Crippen LogP contribution in [0.5, 0.6) is 0 Å². The van der Waals surface area contributed by atoms with Gasteiger partial charge in [0.1, 0.15) is 0 Å². The number of rotatable bonds is 4. The summed E-state index contributed by atoms with van der Waals surface area (Å²) in [4.78, 5) is 14.0. The van der Waals surface area contributed by atoms with Gasteiger partial charge in [-0.15, -0.1) is 11.8 Å². The molecule has 0 radical (unpaired) electrons. The fourth-order valence-corrected chi connectivity index (χ4v) is 3.17. The zero-order valence-corrected chi connectivity index (χ0v) is 10.9. The molecular formula is C12H20N2OS. The van der Waals surface area contributed by atoms with E-state index in [1.807, 2.05) is 18.7 Å². The fourth-order valence-electron chi connectivity index (χ4n) is 1.89. The molecule has 1 saturated heterocycles. The van der Waals surface area contributed by atoms with Crippen molar-refractivity contribution in [2.24, 2.45) is 5.92 Å². The summed E-state index contributed by atoms with van der Waals surface area (Å²) in [5.74, 6) is 1.26. The van der Waals surface area contributed by atoms with E-state index in [0.29, 0.717) is 13.1 Å². The van der Waals surface area contributed by atoms with Crippen LogP contribution in [0.2, 0.25) is 0 Å². The molecule has 0 aromatic carbocycles. The molecule has 2 unspecified atom stereocenters. The first-order valence-electron chi connectivity index (χ1n) is 5.99. The van der Waals surface area contributed by atoms with Crippen LogP contribution in [-0.2, 0) is 4.79 Å². The highest BCUT2D eigenvalue weighted by atomic mass is 32.2. The second kappa shape index (κ2) is 6.80. The monoisotopic (exact) mass is 240 g/mol. The van der Waals surface area contributed by atoms with Crippen LogP contribution in [0.4, 0.5) is 0 Å². The standard InChI is InChI=1S/C12H20N2OS/c1-3-14(9-10(2)8-13)12(15)11-6-4-5-7-16-11/h10-11H,3-7,9H2,1-2H3. The van der Waals surface area contributed by atoms with Crippen LogP contribution in [0, 0.1) is 17.2 Å². The lowest BCUT2D eigenvalue weighted by Crippen LogP contribution is -2.40. The Kier molecular flexibility index (Phi) is 5.68. The van der Waals surface area contributed by atoms with Gasteiger partial charge in [-0.25, -0.2) is 0 Å². The van der Waals surface area contributed by atoms with Gasteiger partial charge in [0, 0.05) is 13.1 Å². The van der Waals surface area contributed by atoms with Crippen molar-refractivity contribution in [3.63, 3.8) is 0 Å². The van der Waals surface area contributed by atoms with E-state index in [1.54, 1.807) is 11.8 Å². The van der Waals surface area contributed by atoms with E-state index in [1.165, 1.54) is 6.42 Å². The van der Waals surface area contributed by atoms with Crippen molar-refractivity contribution >= 4 is 17.7 Å². The lowest BCUT2D eigenvalue weighted by Gasteiger charge is -2.28. The summed E-state index contributed by atoms with van der Waals surface area (Å²) >= 11 is 1.78. The summed E-state index contributed by atoms with van der Waals surface area (Å²) in [6.07, 6.45) is 3.39. The lowest BCUT2D eigenvalue weighted by atomic mass is 10.1. The fraction of sp³-hybridized carbons (Fsp3) is 0.833. The van der Waals surface area contributed by atoms with Crippen molar-refractivity contribution in [2.45, 2.75) is 38.4 Å². The van der Waals surface area contributed by atoms with Gasteiger partial charge < -0.3 is 4.90 Å². The Morgan fingerprint density at radius 2 is 2.38 bits per heavy atom. The second-order valence-electron chi connectivity index (χ2n) is 4.26. The first-order chi connectivity index (χ1) is 7.69. The van der Waals surface area contributed by atoms with Crippen molar-refractivity contribution in [1.82, 2.24) is 4.90 Å². The molecule has 0 N–H and O–H groups in total. The Balaban J connectivity index is 2.51. The van der Waals surface area contributed by atoms with Crippen molar-refractivity contribution in [2.75, 3.05) is 18.8 Å². The van der Waals surface area contributed by atoms with E-state index in [2.05, 4.69) is 6.07 Å². The molecule has 3 nitrogen and oxygen atoms in total. The third-order valence-electron chi connectivity index (χ3n) is 2.86. The number of carbonyl (C=O) groups is 1. The van der Waals surface area contributed by atoms with Crippen molar-refractivity contribution < 1.29 is 4.79 Å². The highest BCUT2D eigenvalue weighted by Crippen LogP contribution is 2.26. The highest BCUT2D eigenvalue weighted by Gasteiger charge is 2.26. The molecular weight excluding hydrogens is 220 g/mol. The van der Waals surface area contributed by atoms with Crippen molar-refractivity contribution in [1.29, 1.82) is 5.26 Å². The summed E-state index contributed by atoms with van der Waals surface area (Å²) in [7, 11) is 0. The minimum Gasteiger partial charge on any atom is -0.341 e. The van der Waals surface area contributed by atoms with Gasteiger partial charge in [0.25, 0.3) is 0 Å². The van der Waals surface area contributed by atoms with Gasteiger partial charge in [-0.05, 0) is 32.4 Å². The zero-order chi connectivity index (χ0) is 12.0. The number of amides is 1. The number of thioether (sulfide) groups is 1. The van der Waals surface area contributed by atoms with E-state index in [-0.39, 0.29) is 17.1 Å². The lowest BCUT2D eigenvalue weighted by molar-refractivity contribution is -0.130. The average Bonchev–Trinajstić information content (AvgIpc) is 2.35. The molecule has 16 heavy (non-hydrogen) atoms. The molecule has 0 aliphatic carbocycles. The number of hydrogen-bond acceptors (Lipinski definition) is 3. The average molecular weight is 240 g/mol. The first-order valence-corrected chi connectivity index (χ1v) is 7.04. The molecule has 1 fully saturated rings. The summed E-state index contributed by atoms with van der Waals surface area (Å²) in [6.45, 7) is 5.13. The van der Waals surface area contributed by atoms with Gasteiger partial charge in [0.2, 0.25) is 5.91 Å². The predicted octanol–water partition coefficient (Wildman–Crippen LogP) is 2.28. The van der Waals surface area contributed by atoms with Crippen molar-refractivity contribution in [3.05, 3.63) is 0 Å². The van der Waals surface area contributed by atoms with Crippen LogP contribution in [0.15, 0.2) is 0 Å². The van der Waals surface area contributed by atoms with Gasteiger partial charge in [0.05, 0.1) is 17.2 Å². The quantitative estimate of drug-likeness (QED) is 0.757. The highest BCUT2D eigenvalue weighted by molar-refractivity contribution is 8.00. The molecule has 1 rings (SSSR count). The van der Waals surface area contributed by atoms with Crippen LogP contribution in [0.3, 0.4) is 0 Å². The van der Waals surface area contributed by atoms with E-state index >= 15 is 0 Å². The third kappa shape index (κ3) is 3.71. The van der Waals surface area contributed by atoms with Crippen LogP contribution in [-0.4, -0.2) is 34.9 Å². The summed E-state index contributed by atoms with van der Waals surface area (Å²) in [5, 5.41) is 8.92. The normalized spacial score (nSPS) is 22.2. The van der Waals surface area contributed by atoms with Crippen molar-refractivity contribution in [3.8, 4) is 6.07 Å². The predicted molar refractivity (Wildman–Crippen MR) is 67.1 cm³/mol. The van der Waals surface area contributed by atoms with Gasteiger partial charge in [0.15, 0.2) is 0 Å². The van der Waals surface area contributed by atoms with E-state index < -0.39 is 0 Å². The summed E-state index contributed by atoms with van der Waals surface area (Å²) < 4.78 is 0. The number of carbonyl (C=O) groups excluding carboxylic acids is 1. The molecule has 1 aliphatic heterocycles. The molecule has 2 atom stereocenters. The number of nitrogens with zero attached hydrogens (tertiary/aromatic N) is 2. The second-order valence-corrected chi connectivity index (χ2v) is 5.57. The molecule has 0 saturated carbocycles. The maximum absolute atomic E-state index is 12.2. The van der Waals surface area contributed by atoms with E-state index in [0.717, 1.165) is 18.6 Å². The molecule has 1 amide bonds. The Morgan fingerprint density at radius 1 is 1.62 bits per heavy atom. The Labute approximate surface area is 102 Å². The molecule has 0 spiro atoms. The van der Waals surface area contributed by atoms with Crippen LogP contribution < -0.4 is 0 Å². The van der Waals surface area contributed by atoms with Gasteiger partial charge in [-0.2, -0.15) is 5.26 Å². The third-order valence-corrected chi connectivity index (χ3v) is 4.23. The molecule has 0 aromatic heterocycles. The summed E-state index contributed by atoms with van der Waals surface area (Å²) in [5.41, 5.74) is 0. The van der Waals surface area contributed by atoms with Crippen LogP contribution in [0.1, 0.15) is 33.1 Å². The van der Waals surface area contributed by atoms with Gasteiger partial charge in [-0.1, -0.05) is 6.42 Å². The maximum Gasteiger partial charge on any atom is 0.235 e. The Morgan fingerprint density at radius 3 is 2.88 bits per heavy atom. The van der Waals surface area contributed by atoms with Gasteiger partial charge >= 0.3 is 0 Å². The van der Waals surface area contributed by atoms with Crippen LogP contribution >= 0.6 is 11.8 Å². The molecule has 4 heteroatoms. The SMILES string of the molecule is CCN(CC(C)C#N)C(=O)C1CCCCS1. The summed E-state index contributed by atoms with van der Waals surface area (Å²) in [6, 6.07) is 2.19.